The fourth-order valence-corrected chi connectivity index (χ4v) is 6.27. The van der Waals surface area contributed by atoms with Crippen LogP contribution in [0.4, 0.5) is 34.1 Å². The van der Waals surface area contributed by atoms with Crippen LogP contribution < -0.4 is 14.5 Å². The molecular weight excluding hydrogens is 621 g/mol. The average molecular weight is 661 g/mol. The molecule has 0 fully saturated rings. The molecular formula is C48H36N2O. The minimum atomic E-state index is 0.476. The Morgan fingerprint density at radius 2 is 0.549 bits per heavy atom. The second-order valence-corrected chi connectivity index (χ2v) is 12.1. The monoisotopic (exact) mass is 660 g/mol. The van der Waals surface area contributed by atoms with Crippen LogP contribution in [0.5, 0.6) is 11.5 Å². The maximum absolute atomic E-state index is 8.16. The van der Waals surface area contributed by atoms with E-state index >= 15 is 0 Å². The Labute approximate surface area is 302 Å². The first-order valence-electron chi connectivity index (χ1n) is 18.0. The molecule has 0 aromatic heterocycles. The molecule has 0 saturated heterocycles. The average Bonchev–Trinajstić information content (AvgIpc) is 3.20. The number of hydrogen-bond donors (Lipinski definition) is 0. The van der Waals surface area contributed by atoms with E-state index in [1.807, 2.05) is 97.1 Å². The smallest absolute Gasteiger partial charge is 0.127 e. The Hall–Kier alpha value is -6.84. The van der Waals surface area contributed by atoms with Crippen molar-refractivity contribution >= 4 is 34.1 Å². The van der Waals surface area contributed by atoms with Crippen LogP contribution in [0.25, 0.3) is 22.3 Å². The van der Waals surface area contributed by atoms with Crippen LogP contribution in [0.15, 0.2) is 218 Å². The van der Waals surface area contributed by atoms with E-state index < -0.39 is 0 Å². The van der Waals surface area contributed by atoms with Crippen molar-refractivity contribution in [1.29, 1.82) is 0 Å². The van der Waals surface area contributed by atoms with Crippen LogP contribution in [0, 0.1) is 0 Å². The standard InChI is InChI=1S/C48H36N2O/c1-5-13-41(14-6-1)49(42-15-7-2-8-16-42)45-29-21-37(22-30-45)39-25-33-47(34-26-39)51-48-35-27-40(28-36-48)38-23-31-46(32-24-38)50(43-17-9-3-10-18-43)44-19-11-4-12-20-44/h1-36H/i5T,9T. The first-order chi connectivity index (χ1) is 26.1. The molecule has 8 aromatic carbocycles. The van der Waals surface area contributed by atoms with Gasteiger partial charge in [0, 0.05) is 34.1 Å². The molecule has 0 aliphatic heterocycles. The maximum Gasteiger partial charge on any atom is 0.127 e. The van der Waals surface area contributed by atoms with Gasteiger partial charge < -0.3 is 14.5 Å². The topological polar surface area (TPSA) is 15.7 Å². The molecule has 0 unspecified atom stereocenters. The van der Waals surface area contributed by atoms with Crippen LogP contribution in [0.2, 0.25) is 0 Å². The highest BCUT2D eigenvalue weighted by Gasteiger charge is 2.13. The highest BCUT2D eigenvalue weighted by molar-refractivity contribution is 5.79. The Bertz CT molecular complexity index is 2240. The lowest BCUT2D eigenvalue weighted by molar-refractivity contribution is 0.483. The molecule has 0 bridgehead atoms. The van der Waals surface area contributed by atoms with Crippen LogP contribution in [0.1, 0.15) is 2.74 Å². The minimum absolute atomic E-state index is 0.476. The van der Waals surface area contributed by atoms with Crippen molar-refractivity contribution in [2.45, 2.75) is 0 Å². The Kier molecular flexibility index (Phi) is 8.41. The summed E-state index contributed by atoms with van der Waals surface area (Å²) in [5, 5.41) is 0. The summed E-state index contributed by atoms with van der Waals surface area (Å²) >= 11 is 0. The van der Waals surface area contributed by atoms with Gasteiger partial charge in [-0.15, -0.1) is 0 Å². The molecule has 0 aliphatic carbocycles. The fourth-order valence-electron chi connectivity index (χ4n) is 6.27. The highest BCUT2D eigenvalue weighted by Crippen LogP contribution is 2.37. The van der Waals surface area contributed by atoms with Gasteiger partial charge in [-0.3, -0.25) is 0 Å². The molecule has 8 rings (SSSR count). The van der Waals surface area contributed by atoms with Crippen LogP contribution in [-0.2, 0) is 0 Å². The summed E-state index contributed by atoms with van der Waals surface area (Å²) < 4.78 is 22.6. The van der Waals surface area contributed by atoms with Crippen molar-refractivity contribution < 1.29 is 7.48 Å². The van der Waals surface area contributed by atoms with Crippen molar-refractivity contribution in [3.63, 3.8) is 0 Å². The van der Waals surface area contributed by atoms with Gasteiger partial charge >= 0.3 is 0 Å². The van der Waals surface area contributed by atoms with Gasteiger partial charge in [0.15, 0.2) is 0 Å². The SMILES string of the molecule is [3H]c1cccc(N(c2ccccc2)c2ccc(-c3ccc(Oc4ccc(-c5ccc(N(c6ccccc6)c6cccc([3H])c6)cc5)cc4)cc3)cc2)c1. The summed E-state index contributed by atoms with van der Waals surface area (Å²) in [7, 11) is 0. The molecule has 0 amide bonds. The lowest BCUT2D eigenvalue weighted by Crippen LogP contribution is -2.09. The second kappa shape index (κ2) is 14.7. The molecule has 0 heterocycles. The predicted molar refractivity (Wildman–Crippen MR) is 213 cm³/mol. The van der Waals surface area contributed by atoms with Crippen LogP contribution >= 0.6 is 0 Å². The number of ether oxygens (including phenoxy) is 1. The summed E-state index contributed by atoms with van der Waals surface area (Å²) in [4.78, 5) is 4.33. The van der Waals surface area contributed by atoms with E-state index in [4.69, 9.17) is 7.48 Å². The Morgan fingerprint density at radius 3 is 0.882 bits per heavy atom. The number of hydrogen-bond acceptors (Lipinski definition) is 3. The number of anilines is 6. The molecule has 0 saturated carbocycles. The van der Waals surface area contributed by atoms with E-state index in [1.165, 1.54) is 0 Å². The molecule has 0 aliphatic rings. The summed E-state index contributed by atoms with van der Waals surface area (Å²) in [6, 6.07) is 70.0. The summed E-state index contributed by atoms with van der Waals surface area (Å²) in [6.07, 6.45) is 0. The Balaban J connectivity index is 0.950. The van der Waals surface area contributed by atoms with Crippen molar-refractivity contribution in [3.8, 4) is 33.8 Å². The van der Waals surface area contributed by atoms with Gasteiger partial charge in [-0.05, 0) is 119 Å². The Morgan fingerprint density at radius 1 is 0.275 bits per heavy atom. The van der Waals surface area contributed by atoms with Crippen LogP contribution in [0.3, 0.4) is 0 Å². The van der Waals surface area contributed by atoms with Gasteiger partial charge in [-0.1, -0.05) is 121 Å². The van der Waals surface area contributed by atoms with Gasteiger partial charge in [-0.25, -0.2) is 0 Å². The van der Waals surface area contributed by atoms with Gasteiger partial charge in [0.05, 0.1) is 2.74 Å². The van der Waals surface area contributed by atoms with Gasteiger partial charge in [0.25, 0.3) is 0 Å². The largest absolute Gasteiger partial charge is 0.457 e. The quantitative estimate of drug-likeness (QED) is 0.145. The highest BCUT2D eigenvalue weighted by atomic mass is 16.5. The zero-order valence-electron chi connectivity index (χ0n) is 29.9. The fraction of sp³-hybridized carbons (Fsp3) is 0. The van der Waals surface area contributed by atoms with Gasteiger partial charge in [0.2, 0.25) is 0 Å². The molecule has 0 atom stereocenters. The van der Waals surface area contributed by atoms with E-state index in [0.29, 0.717) is 12.1 Å². The summed E-state index contributed by atoms with van der Waals surface area (Å²) in [5.41, 5.74) is 10.4. The molecule has 244 valence electrons. The van der Waals surface area contributed by atoms with E-state index in [1.54, 1.807) is 12.1 Å². The second-order valence-electron chi connectivity index (χ2n) is 12.1. The van der Waals surface area contributed by atoms with E-state index in [2.05, 4.69) is 107 Å². The van der Waals surface area contributed by atoms with E-state index in [0.717, 1.165) is 67.9 Å². The number of benzene rings is 8. The molecule has 0 radical (unpaired) electrons. The van der Waals surface area contributed by atoms with Crippen molar-refractivity contribution in [1.82, 2.24) is 0 Å². The zero-order chi connectivity index (χ0) is 36.0. The maximum atomic E-state index is 8.16. The number of rotatable bonds is 10. The molecule has 51 heavy (non-hydrogen) atoms. The predicted octanol–water partition coefficient (Wildman–Crippen LogP) is 13.8. The molecule has 3 nitrogen and oxygen atoms in total. The lowest BCUT2D eigenvalue weighted by atomic mass is 10.0. The van der Waals surface area contributed by atoms with Crippen molar-refractivity contribution in [2.24, 2.45) is 0 Å². The van der Waals surface area contributed by atoms with Crippen molar-refractivity contribution in [2.75, 3.05) is 9.80 Å². The molecule has 0 N–H and O–H groups in total. The third-order valence-electron chi connectivity index (χ3n) is 8.79. The summed E-state index contributed by atoms with van der Waals surface area (Å²) in [6.45, 7) is 0. The molecule has 0 spiro atoms. The third-order valence-corrected chi connectivity index (χ3v) is 8.79. The zero-order valence-corrected chi connectivity index (χ0v) is 27.9. The molecule has 8 aromatic rings. The van der Waals surface area contributed by atoms with Crippen LogP contribution in [-0.4, -0.2) is 0 Å². The number of nitrogens with zero attached hydrogens (tertiary/aromatic N) is 2. The van der Waals surface area contributed by atoms with Gasteiger partial charge in [-0.2, -0.15) is 0 Å². The first-order valence-corrected chi connectivity index (χ1v) is 17.0. The minimum Gasteiger partial charge on any atom is -0.457 e. The summed E-state index contributed by atoms with van der Waals surface area (Å²) in [5.74, 6) is 1.54. The molecule has 3 heteroatoms. The third kappa shape index (κ3) is 7.15. The van der Waals surface area contributed by atoms with Crippen molar-refractivity contribution in [3.05, 3.63) is 218 Å². The van der Waals surface area contributed by atoms with E-state index in [9.17, 15) is 0 Å². The lowest BCUT2D eigenvalue weighted by Gasteiger charge is -2.25. The van der Waals surface area contributed by atoms with E-state index in [-0.39, 0.29) is 0 Å². The normalized spacial score (nSPS) is 11.3. The van der Waals surface area contributed by atoms with Gasteiger partial charge in [0.1, 0.15) is 11.5 Å². The first kappa shape index (κ1) is 29.1. The number of para-hydroxylation sites is 4.